The van der Waals surface area contributed by atoms with Crippen LogP contribution in [0.4, 0.5) is 0 Å². The van der Waals surface area contributed by atoms with Gasteiger partial charge in [-0.15, -0.1) is 0 Å². The molecule has 4 unspecified atom stereocenters. The molecule has 0 amide bonds. The number of ether oxygens (including phenoxy) is 1. The Morgan fingerprint density at radius 1 is 1.35 bits per heavy atom. The molecule has 11 nitrogen and oxygen atoms in total. The summed E-state index contributed by atoms with van der Waals surface area (Å²) in [5.74, 6) is 0. The molecule has 1 aliphatic rings. The molecule has 0 aliphatic carbocycles. The minimum Gasteiger partial charge on any atom is -0.374 e. The maximum absolute atomic E-state index is 10.7. The van der Waals surface area contributed by atoms with E-state index in [2.05, 4.69) is 13.1 Å². The lowest BCUT2D eigenvalue weighted by molar-refractivity contribution is -0.0667. The van der Waals surface area contributed by atoms with E-state index in [9.17, 15) is 16.8 Å². The van der Waals surface area contributed by atoms with Crippen LogP contribution in [-0.2, 0) is 46.1 Å². The summed E-state index contributed by atoms with van der Waals surface area (Å²) in [6.45, 7) is -0.709. The van der Waals surface area contributed by atoms with Crippen LogP contribution in [0.1, 0.15) is 6.42 Å². The molecule has 20 heavy (non-hydrogen) atoms. The van der Waals surface area contributed by atoms with Crippen molar-refractivity contribution in [2.24, 2.45) is 0 Å². The smallest absolute Gasteiger partial charge is 0.374 e. The highest BCUT2D eigenvalue weighted by atomic mass is 32.3. The van der Waals surface area contributed by atoms with Gasteiger partial charge in [-0.1, -0.05) is 0 Å². The summed E-state index contributed by atoms with van der Waals surface area (Å²) in [6, 6.07) is -0.848. The quantitative estimate of drug-likeness (QED) is 0.302. The third-order valence-corrected chi connectivity index (χ3v) is 3.67. The van der Waals surface area contributed by atoms with Crippen LogP contribution in [0.2, 0.25) is 0 Å². The third kappa shape index (κ3) is 7.11. The third-order valence-electron chi connectivity index (χ3n) is 2.32. The molecular weight excluding hydrogens is 342 g/mol. The van der Waals surface area contributed by atoms with Crippen LogP contribution in [0.5, 0.6) is 0 Å². The molecule has 5 atom stereocenters. The van der Waals surface area contributed by atoms with E-state index in [1.807, 2.05) is 0 Å². The van der Waals surface area contributed by atoms with Crippen molar-refractivity contribution in [3.63, 3.8) is 0 Å². The lowest BCUT2D eigenvalue weighted by Gasteiger charge is -2.34. The van der Waals surface area contributed by atoms with Crippen molar-refractivity contribution in [1.29, 1.82) is 0 Å². The van der Waals surface area contributed by atoms with E-state index in [0.717, 1.165) is 0 Å². The van der Waals surface area contributed by atoms with Gasteiger partial charge in [0.2, 0.25) is 11.3 Å². The fraction of sp³-hybridized carbons (Fsp3) is 1.00. The Labute approximate surface area is 119 Å². The molecule has 0 spiro atoms. The van der Waals surface area contributed by atoms with Crippen molar-refractivity contribution in [3.8, 4) is 0 Å². The zero-order valence-electron chi connectivity index (χ0n) is 9.78. The van der Waals surface area contributed by atoms with E-state index >= 15 is 0 Å². The summed E-state index contributed by atoms with van der Waals surface area (Å²) in [5.41, 5.74) is 0. The summed E-state index contributed by atoms with van der Waals surface area (Å²) < 4.78 is 84.0. The monoisotopic (exact) mass is 355 g/mol. The second-order valence-electron chi connectivity index (χ2n) is 3.73. The van der Waals surface area contributed by atoms with E-state index in [0.29, 0.717) is 0 Å². The Kier molecular flexibility index (Phi) is 7.06. The summed E-state index contributed by atoms with van der Waals surface area (Å²) in [6.07, 6.45) is -1.91. The standard InChI is InChI=1S/C6H13NO10S3/c8-18(9)7-5-3-15-4(2-16-20(12,13)14)1-6(5)17-19(10)11/h4-7H,1-3H2,(H,8,9)(H,10,11)(H,12,13,14)/t4?,5?,6-/m1/s1. The number of hydrogen-bond donors (Lipinski definition) is 4. The van der Waals surface area contributed by atoms with Gasteiger partial charge in [0.15, 0.2) is 0 Å². The molecule has 0 radical (unpaired) electrons. The van der Waals surface area contributed by atoms with Gasteiger partial charge in [-0.3, -0.25) is 17.8 Å². The van der Waals surface area contributed by atoms with Gasteiger partial charge < -0.3 is 4.74 Å². The first kappa shape index (κ1) is 18.0. The van der Waals surface area contributed by atoms with Crippen LogP contribution >= 0.6 is 0 Å². The zero-order chi connectivity index (χ0) is 15.3. The normalized spacial score (nSPS) is 30.9. The fourth-order valence-electron chi connectivity index (χ4n) is 1.57. The predicted molar refractivity (Wildman–Crippen MR) is 65.2 cm³/mol. The maximum atomic E-state index is 10.7. The van der Waals surface area contributed by atoms with Crippen LogP contribution in [0.25, 0.3) is 0 Å². The lowest BCUT2D eigenvalue weighted by Crippen LogP contribution is -2.52. The number of nitrogens with one attached hydrogen (secondary N) is 1. The topological polar surface area (TPSA) is 169 Å². The SMILES string of the molecule is O=S(O)NC1COC(COS(=O)(=O)O)C[C@H]1OS(=O)O. The minimum atomic E-state index is -4.63. The van der Waals surface area contributed by atoms with Gasteiger partial charge in [-0.05, 0) is 0 Å². The molecule has 1 fully saturated rings. The highest BCUT2D eigenvalue weighted by Crippen LogP contribution is 2.19. The van der Waals surface area contributed by atoms with Crippen molar-refractivity contribution in [2.75, 3.05) is 13.2 Å². The predicted octanol–water partition coefficient (Wildman–Crippen LogP) is -1.79. The van der Waals surface area contributed by atoms with Crippen LogP contribution in [0.15, 0.2) is 0 Å². The van der Waals surface area contributed by atoms with Gasteiger partial charge in [0.25, 0.3) is 0 Å². The second-order valence-corrected chi connectivity index (χ2v) is 6.18. The van der Waals surface area contributed by atoms with Gasteiger partial charge in [0, 0.05) is 6.42 Å². The zero-order valence-corrected chi connectivity index (χ0v) is 12.2. The first-order valence-corrected chi connectivity index (χ1v) is 8.56. The van der Waals surface area contributed by atoms with Crippen LogP contribution in [-0.4, -0.2) is 62.0 Å². The second kappa shape index (κ2) is 7.83. The number of hydrogen-bond acceptors (Lipinski definition) is 7. The molecule has 0 saturated carbocycles. The Bertz CT molecular complexity index is 466. The molecule has 1 heterocycles. The Morgan fingerprint density at radius 2 is 2.00 bits per heavy atom. The molecule has 1 rings (SSSR count). The van der Waals surface area contributed by atoms with Gasteiger partial charge in [0.05, 0.1) is 31.5 Å². The van der Waals surface area contributed by atoms with Gasteiger partial charge in [-0.25, -0.2) is 13.1 Å². The Hall–Kier alpha value is -0.0300. The molecule has 0 aromatic carbocycles. The first-order chi connectivity index (χ1) is 9.17. The average molecular weight is 355 g/mol. The van der Waals surface area contributed by atoms with Crippen molar-refractivity contribution < 1.29 is 43.6 Å². The number of rotatable bonds is 7. The van der Waals surface area contributed by atoms with Crippen molar-refractivity contribution in [1.82, 2.24) is 4.72 Å². The molecule has 4 N–H and O–H groups in total. The molecule has 1 aliphatic heterocycles. The Morgan fingerprint density at radius 3 is 2.50 bits per heavy atom. The van der Waals surface area contributed by atoms with Crippen molar-refractivity contribution >= 4 is 33.0 Å². The summed E-state index contributed by atoms with van der Waals surface area (Å²) >= 11 is -5.00. The highest BCUT2D eigenvalue weighted by molar-refractivity contribution is 7.80. The lowest BCUT2D eigenvalue weighted by atomic mass is 10.0. The van der Waals surface area contributed by atoms with Gasteiger partial charge >= 0.3 is 21.8 Å². The highest BCUT2D eigenvalue weighted by Gasteiger charge is 2.35. The van der Waals surface area contributed by atoms with E-state index in [1.165, 1.54) is 0 Å². The fourth-order valence-corrected chi connectivity index (χ4v) is 2.79. The summed E-state index contributed by atoms with van der Waals surface area (Å²) in [4.78, 5) is 0. The molecule has 0 aromatic rings. The molecule has 0 bridgehead atoms. The van der Waals surface area contributed by atoms with Crippen LogP contribution < -0.4 is 4.72 Å². The van der Waals surface area contributed by atoms with E-state index in [4.69, 9.17) is 18.4 Å². The molecule has 0 aromatic heterocycles. The van der Waals surface area contributed by atoms with Gasteiger partial charge in [-0.2, -0.15) is 12.6 Å². The van der Waals surface area contributed by atoms with Crippen LogP contribution in [0.3, 0.4) is 0 Å². The molecule has 1 saturated heterocycles. The summed E-state index contributed by atoms with van der Waals surface area (Å²) in [5, 5.41) is 0. The van der Waals surface area contributed by atoms with Crippen molar-refractivity contribution in [2.45, 2.75) is 24.7 Å². The van der Waals surface area contributed by atoms with Crippen molar-refractivity contribution in [3.05, 3.63) is 0 Å². The Balaban J connectivity index is 2.61. The van der Waals surface area contributed by atoms with Crippen LogP contribution in [0, 0.1) is 0 Å². The van der Waals surface area contributed by atoms with E-state index < -0.39 is 57.9 Å². The molecule has 14 heteroatoms. The van der Waals surface area contributed by atoms with E-state index in [-0.39, 0.29) is 13.0 Å². The first-order valence-electron chi connectivity index (χ1n) is 5.06. The minimum absolute atomic E-state index is 0.0866. The largest absolute Gasteiger partial charge is 0.397 e. The molecule has 120 valence electrons. The average Bonchev–Trinajstić information content (AvgIpc) is 2.27. The summed E-state index contributed by atoms with van der Waals surface area (Å²) in [7, 11) is -4.63. The van der Waals surface area contributed by atoms with E-state index in [1.54, 1.807) is 0 Å². The maximum Gasteiger partial charge on any atom is 0.397 e. The van der Waals surface area contributed by atoms with Gasteiger partial charge in [0.1, 0.15) is 0 Å². The molecular formula is C6H13NO10S3.